The highest BCUT2D eigenvalue weighted by Gasteiger charge is 2.16. The Morgan fingerprint density at radius 3 is 2.84 bits per heavy atom. The lowest BCUT2D eigenvalue weighted by Gasteiger charge is -2.27. The van der Waals surface area contributed by atoms with Crippen LogP contribution in [0.2, 0.25) is 0 Å². The summed E-state index contributed by atoms with van der Waals surface area (Å²) in [5.41, 5.74) is -0.196. The predicted molar refractivity (Wildman–Crippen MR) is 71.3 cm³/mol. The molecule has 6 heteroatoms. The van der Waals surface area contributed by atoms with E-state index >= 15 is 0 Å². The molecule has 1 N–H and O–H groups in total. The van der Waals surface area contributed by atoms with Crippen LogP contribution in [0.25, 0.3) is 0 Å². The highest BCUT2D eigenvalue weighted by molar-refractivity contribution is 5.76. The molecule has 0 aliphatic carbocycles. The van der Waals surface area contributed by atoms with Crippen LogP contribution < -0.4 is 15.6 Å². The molecule has 104 valence electrons. The van der Waals surface area contributed by atoms with Crippen LogP contribution in [0.4, 0.5) is 0 Å². The number of hydrogen-bond acceptors (Lipinski definition) is 4. The van der Waals surface area contributed by atoms with E-state index in [1.165, 1.54) is 11.7 Å². The van der Waals surface area contributed by atoms with E-state index in [0.717, 1.165) is 26.2 Å². The molecule has 1 saturated heterocycles. The number of carbonyl (C=O) groups is 1. The summed E-state index contributed by atoms with van der Waals surface area (Å²) in [7, 11) is 1.47. The van der Waals surface area contributed by atoms with E-state index in [1.807, 2.05) is 4.90 Å². The van der Waals surface area contributed by atoms with Crippen molar-refractivity contribution in [2.45, 2.75) is 13.0 Å². The minimum atomic E-state index is -0.196. The van der Waals surface area contributed by atoms with Crippen molar-refractivity contribution >= 4 is 5.91 Å². The Morgan fingerprint density at radius 1 is 1.42 bits per heavy atom. The first kappa shape index (κ1) is 13.6. The Labute approximate surface area is 112 Å². The maximum Gasteiger partial charge on any atom is 0.292 e. The van der Waals surface area contributed by atoms with E-state index in [4.69, 9.17) is 4.74 Å². The number of nitrogens with one attached hydrogen (secondary N) is 1. The number of aromatic nitrogens is 1. The lowest BCUT2D eigenvalue weighted by Crippen LogP contribution is -2.46. The summed E-state index contributed by atoms with van der Waals surface area (Å²) in [4.78, 5) is 25.7. The molecule has 0 radical (unpaired) electrons. The van der Waals surface area contributed by atoms with Gasteiger partial charge in [0.1, 0.15) is 0 Å². The molecule has 0 aromatic carbocycles. The SMILES string of the molecule is COc1cccn(CCC(=O)N2CCNCC2)c1=O. The molecule has 2 rings (SSSR count). The Kier molecular flexibility index (Phi) is 4.57. The van der Waals surface area contributed by atoms with Gasteiger partial charge in [-0.1, -0.05) is 0 Å². The Hall–Kier alpha value is -1.82. The van der Waals surface area contributed by atoms with Gasteiger partial charge in [0, 0.05) is 45.3 Å². The van der Waals surface area contributed by atoms with Crippen LogP contribution in [0.15, 0.2) is 23.1 Å². The Morgan fingerprint density at radius 2 is 2.16 bits per heavy atom. The summed E-state index contributed by atoms with van der Waals surface area (Å²) in [6.07, 6.45) is 2.02. The number of pyridine rings is 1. The van der Waals surface area contributed by atoms with E-state index in [2.05, 4.69) is 5.32 Å². The summed E-state index contributed by atoms with van der Waals surface area (Å²) >= 11 is 0. The van der Waals surface area contributed by atoms with E-state index in [0.29, 0.717) is 18.7 Å². The van der Waals surface area contributed by atoms with E-state index in [9.17, 15) is 9.59 Å². The third-order valence-electron chi connectivity index (χ3n) is 3.24. The minimum absolute atomic E-state index is 0.0937. The maximum atomic E-state index is 12.0. The topological polar surface area (TPSA) is 63.6 Å². The monoisotopic (exact) mass is 265 g/mol. The number of nitrogens with zero attached hydrogens (tertiary/aromatic N) is 2. The number of aryl methyl sites for hydroxylation is 1. The van der Waals surface area contributed by atoms with Crippen molar-refractivity contribution in [1.29, 1.82) is 0 Å². The van der Waals surface area contributed by atoms with Gasteiger partial charge in [-0.15, -0.1) is 0 Å². The molecule has 1 aliphatic rings. The average molecular weight is 265 g/mol. The van der Waals surface area contributed by atoms with Crippen LogP contribution in [-0.4, -0.2) is 48.7 Å². The van der Waals surface area contributed by atoms with Crippen LogP contribution >= 0.6 is 0 Å². The molecule has 1 amide bonds. The summed E-state index contributed by atoms with van der Waals surface area (Å²) in [5, 5.41) is 3.20. The molecule has 19 heavy (non-hydrogen) atoms. The second kappa shape index (κ2) is 6.38. The van der Waals surface area contributed by atoms with Gasteiger partial charge in [-0.2, -0.15) is 0 Å². The number of carbonyl (C=O) groups excluding carboxylic acids is 1. The summed E-state index contributed by atoms with van der Waals surface area (Å²) in [6, 6.07) is 3.37. The standard InChI is InChI=1S/C13H19N3O3/c1-19-11-3-2-7-16(13(11)18)8-4-12(17)15-9-5-14-6-10-15/h2-3,7,14H,4-6,8-10H2,1H3. The zero-order valence-corrected chi connectivity index (χ0v) is 11.1. The molecule has 6 nitrogen and oxygen atoms in total. The van der Waals surface area contributed by atoms with Gasteiger partial charge in [0.05, 0.1) is 7.11 Å². The van der Waals surface area contributed by atoms with E-state index in [1.54, 1.807) is 18.3 Å². The molecule has 0 bridgehead atoms. The van der Waals surface area contributed by atoms with Crippen LogP contribution in [0, 0.1) is 0 Å². The number of hydrogen-bond donors (Lipinski definition) is 1. The summed E-state index contributed by atoms with van der Waals surface area (Å²) < 4.78 is 6.48. The van der Waals surface area contributed by atoms with Gasteiger partial charge in [-0.25, -0.2) is 0 Å². The number of piperazine rings is 1. The molecule has 1 aromatic heterocycles. The first-order valence-electron chi connectivity index (χ1n) is 6.44. The van der Waals surface area contributed by atoms with Crippen LogP contribution in [0.3, 0.4) is 0 Å². The fourth-order valence-electron chi connectivity index (χ4n) is 2.13. The summed E-state index contributed by atoms with van der Waals surface area (Å²) in [5.74, 6) is 0.397. The number of ether oxygens (including phenoxy) is 1. The molecule has 0 atom stereocenters. The molecule has 1 aromatic rings. The highest BCUT2D eigenvalue weighted by atomic mass is 16.5. The van der Waals surface area contributed by atoms with Crippen molar-refractivity contribution in [1.82, 2.24) is 14.8 Å². The number of amides is 1. The molecule has 2 heterocycles. The fourth-order valence-corrected chi connectivity index (χ4v) is 2.13. The van der Waals surface area contributed by atoms with Crippen molar-refractivity contribution in [3.8, 4) is 5.75 Å². The molecule has 0 unspecified atom stereocenters. The van der Waals surface area contributed by atoms with Gasteiger partial charge in [0.2, 0.25) is 5.91 Å². The Balaban J connectivity index is 1.95. The maximum absolute atomic E-state index is 12.0. The van der Waals surface area contributed by atoms with Crippen molar-refractivity contribution in [2.75, 3.05) is 33.3 Å². The third kappa shape index (κ3) is 3.35. The third-order valence-corrected chi connectivity index (χ3v) is 3.24. The first-order valence-corrected chi connectivity index (χ1v) is 6.44. The van der Waals surface area contributed by atoms with Crippen molar-refractivity contribution in [2.24, 2.45) is 0 Å². The highest BCUT2D eigenvalue weighted by Crippen LogP contribution is 2.02. The molecule has 0 spiro atoms. The molecular formula is C13H19N3O3. The van der Waals surface area contributed by atoms with Crippen LogP contribution in [0.5, 0.6) is 5.75 Å². The second-order valence-corrected chi connectivity index (χ2v) is 4.46. The largest absolute Gasteiger partial charge is 0.491 e. The van der Waals surface area contributed by atoms with Crippen LogP contribution in [0.1, 0.15) is 6.42 Å². The van der Waals surface area contributed by atoms with Crippen molar-refractivity contribution < 1.29 is 9.53 Å². The minimum Gasteiger partial charge on any atom is -0.491 e. The quantitative estimate of drug-likeness (QED) is 0.810. The van der Waals surface area contributed by atoms with Crippen molar-refractivity contribution in [3.05, 3.63) is 28.7 Å². The van der Waals surface area contributed by atoms with Gasteiger partial charge in [-0.3, -0.25) is 9.59 Å². The Bertz CT molecular complexity index is 492. The van der Waals surface area contributed by atoms with Gasteiger partial charge >= 0.3 is 0 Å². The zero-order chi connectivity index (χ0) is 13.7. The van der Waals surface area contributed by atoms with E-state index < -0.39 is 0 Å². The fraction of sp³-hybridized carbons (Fsp3) is 0.538. The van der Waals surface area contributed by atoms with E-state index in [-0.39, 0.29) is 11.5 Å². The lowest BCUT2D eigenvalue weighted by molar-refractivity contribution is -0.132. The predicted octanol–water partition coefficient (Wildman–Crippen LogP) is -0.321. The lowest BCUT2D eigenvalue weighted by atomic mass is 10.3. The van der Waals surface area contributed by atoms with Gasteiger partial charge in [-0.05, 0) is 12.1 Å². The van der Waals surface area contributed by atoms with Gasteiger partial charge in [0.25, 0.3) is 5.56 Å². The smallest absolute Gasteiger partial charge is 0.292 e. The van der Waals surface area contributed by atoms with Crippen molar-refractivity contribution in [3.63, 3.8) is 0 Å². The average Bonchev–Trinajstić information content (AvgIpc) is 2.47. The molecule has 1 fully saturated rings. The number of rotatable bonds is 4. The first-order chi connectivity index (χ1) is 9.22. The zero-order valence-electron chi connectivity index (χ0n) is 11.1. The molecule has 0 saturated carbocycles. The molecule has 1 aliphatic heterocycles. The normalized spacial score (nSPS) is 15.3. The van der Waals surface area contributed by atoms with Gasteiger partial charge < -0.3 is 19.5 Å². The summed E-state index contributed by atoms with van der Waals surface area (Å²) in [6.45, 7) is 3.55. The molecular weight excluding hydrogens is 246 g/mol. The van der Waals surface area contributed by atoms with Crippen LogP contribution in [-0.2, 0) is 11.3 Å². The number of methoxy groups -OCH3 is 1. The second-order valence-electron chi connectivity index (χ2n) is 4.46. The van der Waals surface area contributed by atoms with Gasteiger partial charge in [0.15, 0.2) is 5.75 Å².